The average molecular weight is 331 g/mol. The normalized spacial score (nSPS) is 16.7. The number of likely N-dealkylation sites (tertiary alicyclic amines) is 1. The molecule has 0 aliphatic carbocycles. The van der Waals surface area contributed by atoms with Crippen LogP contribution in [-0.4, -0.2) is 47.5 Å². The SMILES string of the molecule is C=CCOc1cccc(CN(CC)C(=O)[C@@H]2CCCN2C(N)=O)c1. The van der Waals surface area contributed by atoms with Gasteiger partial charge in [-0.2, -0.15) is 0 Å². The van der Waals surface area contributed by atoms with E-state index in [0.717, 1.165) is 17.7 Å². The molecule has 1 atom stereocenters. The van der Waals surface area contributed by atoms with Gasteiger partial charge in [0.2, 0.25) is 5.91 Å². The number of benzene rings is 1. The summed E-state index contributed by atoms with van der Waals surface area (Å²) in [7, 11) is 0. The number of likely N-dealkylation sites (N-methyl/N-ethyl adjacent to an activating group) is 1. The molecular formula is C18H25N3O3. The molecule has 2 rings (SSSR count). The molecule has 0 aromatic heterocycles. The van der Waals surface area contributed by atoms with E-state index in [9.17, 15) is 9.59 Å². The molecule has 1 fully saturated rings. The molecule has 2 N–H and O–H groups in total. The number of hydrogen-bond acceptors (Lipinski definition) is 3. The monoisotopic (exact) mass is 331 g/mol. The first-order chi connectivity index (χ1) is 11.6. The van der Waals surface area contributed by atoms with E-state index in [4.69, 9.17) is 10.5 Å². The largest absolute Gasteiger partial charge is 0.490 e. The third-order valence-electron chi connectivity index (χ3n) is 4.15. The Bertz CT molecular complexity index is 603. The third kappa shape index (κ3) is 4.28. The number of amides is 3. The zero-order valence-corrected chi connectivity index (χ0v) is 14.1. The lowest BCUT2D eigenvalue weighted by molar-refractivity contribution is -0.135. The van der Waals surface area contributed by atoms with Crippen molar-refractivity contribution in [3.8, 4) is 5.75 Å². The number of rotatable bonds is 7. The van der Waals surface area contributed by atoms with Crippen molar-refractivity contribution in [2.24, 2.45) is 5.73 Å². The van der Waals surface area contributed by atoms with Crippen LogP contribution in [0.4, 0.5) is 4.79 Å². The highest BCUT2D eigenvalue weighted by Gasteiger charge is 2.35. The summed E-state index contributed by atoms with van der Waals surface area (Å²) in [5.41, 5.74) is 6.36. The number of urea groups is 1. The van der Waals surface area contributed by atoms with Gasteiger partial charge < -0.3 is 20.3 Å². The molecule has 0 radical (unpaired) electrons. The van der Waals surface area contributed by atoms with Gasteiger partial charge in [-0.15, -0.1) is 0 Å². The Hall–Kier alpha value is -2.50. The molecule has 1 aromatic rings. The summed E-state index contributed by atoms with van der Waals surface area (Å²) in [5, 5.41) is 0. The molecule has 0 unspecified atom stereocenters. The summed E-state index contributed by atoms with van der Waals surface area (Å²) >= 11 is 0. The van der Waals surface area contributed by atoms with Gasteiger partial charge in [0.25, 0.3) is 0 Å². The maximum absolute atomic E-state index is 12.8. The molecule has 6 heteroatoms. The zero-order chi connectivity index (χ0) is 17.5. The Morgan fingerprint density at radius 1 is 1.50 bits per heavy atom. The quantitative estimate of drug-likeness (QED) is 0.778. The van der Waals surface area contributed by atoms with E-state index in [1.807, 2.05) is 31.2 Å². The van der Waals surface area contributed by atoms with Gasteiger partial charge >= 0.3 is 6.03 Å². The second-order valence-corrected chi connectivity index (χ2v) is 5.79. The highest BCUT2D eigenvalue weighted by Crippen LogP contribution is 2.21. The molecule has 1 aliphatic heterocycles. The highest BCUT2D eigenvalue weighted by atomic mass is 16.5. The molecule has 3 amide bonds. The minimum absolute atomic E-state index is 0.0498. The Balaban J connectivity index is 2.07. The summed E-state index contributed by atoms with van der Waals surface area (Å²) in [6.07, 6.45) is 3.16. The number of nitrogens with two attached hydrogens (primary N) is 1. The van der Waals surface area contributed by atoms with Crippen LogP contribution in [0.2, 0.25) is 0 Å². The molecule has 6 nitrogen and oxygen atoms in total. The summed E-state index contributed by atoms with van der Waals surface area (Å²) in [6, 6.07) is 6.68. The summed E-state index contributed by atoms with van der Waals surface area (Å²) in [4.78, 5) is 27.5. The van der Waals surface area contributed by atoms with Gasteiger partial charge in [0.1, 0.15) is 18.4 Å². The lowest BCUT2D eigenvalue weighted by atomic mass is 10.1. The second-order valence-electron chi connectivity index (χ2n) is 5.79. The van der Waals surface area contributed by atoms with E-state index in [0.29, 0.717) is 32.7 Å². The van der Waals surface area contributed by atoms with Crippen LogP contribution < -0.4 is 10.5 Å². The van der Waals surface area contributed by atoms with Crippen molar-refractivity contribution in [2.75, 3.05) is 19.7 Å². The van der Waals surface area contributed by atoms with Crippen LogP contribution in [0.25, 0.3) is 0 Å². The van der Waals surface area contributed by atoms with Gasteiger partial charge in [0.15, 0.2) is 0 Å². The number of primary amides is 1. The minimum atomic E-state index is -0.526. The molecule has 0 spiro atoms. The zero-order valence-electron chi connectivity index (χ0n) is 14.1. The van der Waals surface area contributed by atoms with E-state index in [-0.39, 0.29) is 5.91 Å². The standard InChI is InChI=1S/C18H25N3O3/c1-3-11-24-15-8-5-7-14(12-15)13-20(4-2)17(22)16-9-6-10-21(16)18(19)23/h3,5,7-8,12,16H,1,4,6,9-11,13H2,2H3,(H2,19,23)/t16-/m0/s1. The van der Waals surface area contributed by atoms with Crippen LogP contribution in [0.3, 0.4) is 0 Å². The molecule has 130 valence electrons. The van der Waals surface area contributed by atoms with Crippen LogP contribution in [-0.2, 0) is 11.3 Å². The topological polar surface area (TPSA) is 75.9 Å². The molecule has 1 aliphatic rings. The molecule has 0 bridgehead atoms. The second kappa shape index (κ2) is 8.38. The molecule has 24 heavy (non-hydrogen) atoms. The third-order valence-corrected chi connectivity index (χ3v) is 4.15. The lowest BCUT2D eigenvalue weighted by Gasteiger charge is -2.29. The highest BCUT2D eigenvalue weighted by molar-refractivity contribution is 5.87. The van der Waals surface area contributed by atoms with Gasteiger partial charge in [-0.05, 0) is 37.5 Å². The van der Waals surface area contributed by atoms with Crippen molar-refractivity contribution >= 4 is 11.9 Å². The Morgan fingerprint density at radius 2 is 2.29 bits per heavy atom. The first kappa shape index (κ1) is 17.8. The first-order valence-electron chi connectivity index (χ1n) is 8.24. The van der Waals surface area contributed by atoms with Crippen LogP contribution in [0.1, 0.15) is 25.3 Å². The van der Waals surface area contributed by atoms with Crippen molar-refractivity contribution in [3.05, 3.63) is 42.5 Å². The van der Waals surface area contributed by atoms with E-state index >= 15 is 0 Å². The Morgan fingerprint density at radius 3 is 2.96 bits per heavy atom. The van der Waals surface area contributed by atoms with Gasteiger partial charge in [-0.1, -0.05) is 24.8 Å². The number of nitrogens with zero attached hydrogens (tertiary/aromatic N) is 2. The van der Waals surface area contributed by atoms with Crippen molar-refractivity contribution < 1.29 is 14.3 Å². The van der Waals surface area contributed by atoms with Crippen LogP contribution >= 0.6 is 0 Å². The van der Waals surface area contributed by atoms with E-state index < -0.39 is 12.1 Å². The smallest absolute Gasteiger partial charge is 0.315 e. The van der Waals surface area contributed by atoms with E-state index in [1.54, 1.807) is 11.0 Å². The minimum Gasteiger partial charge on any atom is -0.490 e. The average Bonchev–Trinajstić information content (AvgIpc) is 3.07. The molecule has 1 saturated heterocycles. The van der Waals surface area contributed by atoms with Gasteiger partial charge in [-0.25, -0.2) is 4.79 Å². The summed E-state index contributed by atoms with van der Waals surface area (Å²) in [6.45, 7) is 7.59. The molecule has 1 heterocycles. The molecule has 1 aromatic carbocycles. The number of hydrogen-bond donors (Lipinski definition) is 1. The number of ether oxygens (including phenoxy) is 1. The summed E-state index contributed by atoms with van der Waals surface area (Å²) < 4.78 is 5.53. The van der Waals surface area contributed by atoms with E-state index in [1.165, 1.54) is 4.90 Å². The maximum Gasteiger partial charge on any atom is 0.315 e. The van der Waals surface area contributed by atoms with Crippen molar-refractivity contribution in [3.63, 3.8) is 0 Å². The Kier molecular flexibility index (Phi) is 6.23. The summed E-state index contributed by atoms with van der Waals surface area (Å²) in [5.74, 6) is 0.696. The van der Waals surface area contributed by atoms with Crippen molar-refractivity contribution in [1.29, 1.82) is 0 Å². The molecule has 0 saturated carbocycles. The van der Waals surface area contributed by atoms with Crippen molar-refractivity contribution in [1.82, 2.24) is 9.80 Å². The lowest BCUT2D eigenvalue weighted by Crippen LogP contribution is -2.49. The van der Waals surface area contributed by atoms with Crippen LogP contribution in [0.15, 0.2) is 36.9 Å². The van der Waals surface area contributed by atoms with Gasteiger partial charge in [-0.3, -0.25) is 4.79 Å². The maximum atomic E-state index is 12.8. The van der Waals surface area contributed by atoms with Crippen LogP contribution in [0, 0.1) is 0 Å². The van der Waals surface area contributed by atoms with E-state index in [2.05, 4.69) is 6.58 Å². The fourth-order valence-corrected chi connectivity index (χ4v) is 2.95. The fraction of sp³-hybridized carbons (Fsp3) is 0.444. The first-order valence-corrected chi connectivity index (χ1v) is 8.24. The molecular weight excluding hydrogens is 306 g/mol. The number of carbonyl (C=O) groups is 2. The Labute approximate surface area is 142 Å². The predicted molar refractivity (Wildman–Crippen MR) is 92.5 cm³/mol. The van der Waals surface area contributed by atoms with Gasteiger partial charge in [0.05, 0.1) is 0 Å². The number of carbonyl (C=O) groups excluding carboxylic acids is 2. The van der Waals surface area contributed by atoms with Crippen molar-refractivity contribution in [2.45, 2.75) is 32.4 Å². The van der Waals surface area contributed by atoms with Gasteiger partial charge in [0, 0.05) is 19.6 Å². The predicted octanol–water partition coefficient (Wildman–Crippen LogP) is 2.14. The van der Waals surface area contributed by atoms with Crippen LogP contribution in [0.5, 0.6) is 5.75 Å². The fourth-order valence-electron chi connectivity index (χ4n) is 2.95.